The van der Waals surface area contributed by atoms with E-state index in [1.54, 1.807) is 30.4 Å². The number of benzene rings is 1. The van der Waals surface area contributed by atoms with E-state index in [-0.39, 0.29) is 6.61 Å². The predicted molar refractivity (Wildman–Crippen MR) is 85.0 cm³/mol. The van der Waals surface area contributed by atoms with E-state index < -0.39 is 11.9 Å². The molecule has 0 spiro atoms. The first kappa shape index (κ1) is 16.0. The third-order valence-corrected chi connectivity index (χ3v) is 3.69. The molecule has 22 heavy (non-hydrogen) atoms. The van der Waals surface area contributed by atoms with Crippen molar-refractivity contribution in [3.8, 4) is 16.3 Å². The molecular formula is C15H17N3O3S. The zero-order valence-electron chi connectivity index (χ0n) is 12.4. The number of rotatable bonds is 5. The number of nitrogens with zero attached hydrogens (tertiary/aromatic N) is 1. The van der Waals surface area contributed by atoms with Crippen molar-refractivity contribution in [2.45, 2.75) is 13.8 Å². The Kier molecular flexibility index (Phi) is 5.48. The summed E-state index contributed by atoms with van der Waals surface area (Å²) in [7, 11) is 0. The molecule has 0 aliphatic carbocycles. The van der Waals surface area contributed by atoms with Gasteiger partial charge in [-0.05, 0) is 38.1 Å². The second-order valence-electron chi connectivity index (χ2n) is 4.51. The monoisotopic (exact) mass is 319 g/mol. The molecular weight excluding hydrogens is 302 g/mol. The number of thiazole rings is 1. The summed E-state index contributed by atoms with van der Waals surface area (Å²) in [5.41, 5.74) is 1.99. The summed E-state index contributed by atoms with van der Waals surface area (Å²) in [6.07, 6.45) is 0. The average Bonchev–Trinajstić information content (AvgIpc) is 2.92. The highest BCUT2D eigenvalue weighted by Gasteiger charge is 2.08. The molecule has 0 saturated carbocycles. The molecule has 0 fully saturated rings. The van der Waals surface area contributed by atoms with Crippen LogP contribution in [0.4, 0.5) is 4.79 Å². The van der Waals surface area contributed by atoms with Gasteiger partial charge in [-0.15, -0.1) is 11.3 Å². The zero-order chi connectivity index (χ0) is 15.9. The van der Waals surface area contributed by atoms with E-state index in [9.17, 15) is 9.59 Å². The number of hydrogen-bond acceptors (Lipinski definition) is 5. The highest BCUT2D eigenvalue weighted by atomic mass is 32.1. The van der Waals surface area contributed by atoms with Crippen LogP contribution >= 0.6 is 11.3 Å². The Morgan fingerprint density at radius 3 is 2.59 bits per heavy atom. The summed E-state index contributed by atoms with van der Waals surface area (Å²) >= 11 is 1.58. The molecule has 0 atom stereocenters. The van der Waals surface area contributed by atoms with Crippen molar-refractivity contribution in [3.05, 3.63) is 35.3 Å². The van der Waals surface area contributed by atoms with Crippen molar-refractivity contribution in [3.63, 3.8) is 0 Å². The number of hydrogen-bond donors (Lipinski definition) is 2. The van der Waals surface area contributed by atoms with Crippen molar-refractivity contribution in [1.82, 2.24) is 15.6 Å². The van der Waals surface area contributed by atoms with Gasteiger partial charge in [-0.25, -0.2) is 9.78 Å². The summed E-state index contributed by atoms with van der Waals surface area (Å²) in [6, 6.07) is 6.78. The summed E-state index contributed by atoms with van der Waals surface area (Å²) in [6.45, 7) is 3.96. The lowest BCUT2D eigenvalue weighted by atomic mass is 10.2. The van der Waals surface area contributed by atoms with Gasteiger partial charge in [0.05, 0.1) is 0 Å². The van der Waals surface area contributed by atoms with Crippen molar-refractivity contribution < 1.29 is 14.3 Å². The third-order valence-electron chi connectivity index (χ3n) is 2.68. The Labute approximate surface area is 132 Å². The van der Waals surface area contributed by atoms with Crippen LogP contribution in [-0.2, 0) is 4.79 Å². The number of imide groups is 1. The van der Waals surface area contributed by atoms with E-state index in [4.69, 9.17) is 4.74 Å². The van der Waals surface area contributed by atoms with Crippen LogP contribution in [0.2, 0.25) is 0 Å². The van der Waals surface area contributed by atoms with Gasteiger partial charge in [0, 0.05) is 23.2 Å². The third kappa shape index (κ3) is 4.56. The Bertz CT molecular complexity index is 652. The summed E-state index contributed by atoms with van der Waals surface area (Å²) in [5, 5.41) is 7.57. The Balaban J connectivity index is 1.86. The molecule has 116 valence electrons. The van der Waals surface area contributed by atoms with Gasteiger partial charge < -0.3 is 10.1 Å². The molecule has 1 aromatic carbocycles. The molecule has 7 heteroatoms. The number of carbonyl (C=O) groups is 2. The fraction of sp³-hybridized carbons (Fsp3) is 0.267. The fourth-order valence-corrected chi connectivity index (χ4v) is 2.50. The molecule has 2 rings (SSSR count). The molecule has 0 radical (unpaired) electrons. The minimum absolute atomic E-state index is 0.215. The molecule has 0 aliphatic heterocycles. The number of amides is 3. The zero-order valence-corrected chi connectivity index (χ0v) is 13.2. The summed E-state index contributed by atoms with van der Waals surface area (Å²) < 4.78 is 5.33. The smallest absolute Gasteiger partial charge is 0.321 e. The SMILES string of the molecule is CCNC(=O)NC(=O)COc1ccc(-c2nc(C)cs2)cc1. The van der Waals surface area contributed by atoms with Crippen molar-refractivity contribution >= 4 is 23.3 Å². The van der Waals surface area contributed by atoms with E-state index in [2.05, 4.69) is 15.6 Å². The predicted octanol–water partition coefficient (Wildman–Crippen LogP) is 2.34. The summed E-state index contributed by atoms with van der Waals surface area (Å²) in [4.78, 5) is 27.1. The van der Waals surface area contributed by atoms with Gasteiger partial charge >= 0.3 is 6.03 Å². The highest BCUT2D eigenvalue weighted by molar-refractivity contribution is 7.13. The van der Waals surface area contributed by atoms with E-state index in [0.29, 0.717) is 12.3 Å². The van der Waals surface area contributed by atoms with Crippen LogP contribution in [0.1, 0.15) is 12.6 Å². The van der Waals surface area contributed by atoms with Gasteiger partial charge in [-0.1, -0.05) is 0 Å². The molecule has 2 aromatic rings. The van der Waals surface area contributed by atoms with Gasteiger partial charge in [-0.3, -0.25) is 10.1 Å². The quantitative estimate of drug-likeness (QED) is 0.886. The first-order chi connectivity index (χ1) is 10.6. The Morgan fingerprint density at radius 1 is 1.27 bits per heavy atom. The van der Waals surface area contributed by atoms with Crippen molar-refractivity contribution in [2.75, 3.05) is 13.2 Å². The molecule has 2 N–H and O–H groups in total. The number of nitrogens with one attached hydrogen (secondary N) is 2. The number of aromatic nitrogens is 1. The molecule has 0 aliphatic rings. The molecule has 3 amide bonds. The maximum Gasteiger partial charge on any atom is 0.321 e. The molecule has 6 nitrogen and oxygen atoms in total. The van der Waals surface area contributed by atoms with E-state index in [1.807, 2.05) is 24.4 Å². The van der Waals surface area contributed by atoms with E-state index >= 15 is 0 Å². The maximum atomic E-state index is 11.5. The van der Waals surface area contributed by atoms with Crippen molar-refractivity contribution in [2.24, 2.45) is 0 Å². The molecule has 0 bridgehead atoms. The maximum absolute atomic E-state index is 11.5. The van der Waals surface area contributed by atoms with Crippen molar-refractivity contribution in [1.29, 1.82) is 0 Å². The normalized spacial score (nSPS) is 10.1. The minimum atomic E-state index is -0.523. The van der Waals surface area contributed by atoms with E-state index in [1.165, 1.54) is 0 Å². The van der Waals surface area contributed by atoms with Crippen LogP contribution < -0.4 is 15.4 Å². The Hall–Kier alpha value is -2.41. The highest BCUT2D eigenvalue weighted by Crippen LogP contribution is 2.25. The first-order valence-electron chi connectivity index (χ1n) is 6.81. The van der Waals surface area contributed by atoms with Crippen LogP contribution in [0.5, 0.6) is 5.75 Å². The second kappa shape index (κ2) is 7.56. The van der Waals surface area contributed by atoms with Gasteiger partial charge in [0.2, 0.25) is 0 Å². The largest absolute Gasteiger partial charge is 0.484 e. The molecule has 0 saturated heterocycles. The topological polar surface area (TPSA) is 80.3 Å². The van der Waals surface area contributed by atoms with Gasteiger partial charge in [0.15, 0.2) is 6.61 Å². The van der Waals surface area contributed by atoms with Crippen LogP contribution in [-0.4, -0.2) is 30.1 Å². The van der Waals surface area contributed by atoms with Gasteiger partial charge in [0.1, 0.15) is 10.8 Å². The lowest BCUT2D eigenvalue weighted by molar-refractivity contribution is -0.122. The van der Waals surface area contributed by atoms with Gasteiger partial charge in [-0.2, -0.15) is 0 Å². The van der Waals surface area contributed by atoms with Crippen LogP contribution in [0.3, 0.4) is 0 Å². The number of aryl methyl sites for hydroxylation is 1. The molecule has 0 unspecified atom stereocenters. The number of carbonyl (C=O) groups excluding carboxylic acids is 2. The van der Waals surface area contributed by atoms with E-state index in [0.717, 1.165) is 16.3 Å². The Morgan fingerprint density at radius 2 is 2.00 bits per heavy atom. The van der Waals surface area contributed by atoms with Crippen LogP contribution in [0.15, 0.2) is 29.6 Å². The number of urea groups is 1. The second-order valence-corrected chi connectivity index (χ2v) is 5.37. The average molecular weight is 319 g/mol. The lowest BCUT2D eigenvalue weighted by Crippen LogP contribution is -2.41. The first-order valence-corrected chi connectivity index (χ1v) is 7.69. The van der Waals surface area contributed by atoms with Gasteiger partial charge in [0.25, 0.3) is 5.91 Å². The summed E-state index contributed by atoms with van der Waals surface area (Å²) in [5.74, 6) is 0.0636. The standard InChI is InChI=1S/C15H17N3O3S/c1-3-16-15(20)18-13(19)8-21-12-6-4-11(5-7-12)14-17-10(2)9-22-14/h4-7,9H,3,8H2,1-2H3,(H2,16,18,19,20). The molecule has 1 aromatic heterocycles. The lowest BCUT2D eigenvalue weighted by Gasteiger charge is -2.07. The fourth-order valence-electron chi connectivity index (χ4n) is 1.70. The minimum Gasteiger partial charge on any atom is -0.484 e. The number of ether oxygens (including phenoxy) is 1. The van der Waals surface area contributed by atoms with Crippen LogP contribution in [0, 0.1) is 6.92 Å². The van der Waals surface area contributed by atoms with Crippen LogP contribution in [0.25, 0.3) is 10.6 Å². The molecule has 1 heterocycles.